The molecule has 24 heavy (non-hydrogen) atoms. The van der Waals surface area contributed by atoms with Crippen LogP contribution in [-0.4, -0.2) is 46.9 Å². The molecule has 0 aromatic heterocycles. The first-order valence-corrected chi connectivity index (χ1v) is 8.50. The van der Waals surface area contributed by atoms with E-state index in [9.17, 15) is 14.4 Å². The predicted molar refractivity (Wildman–Crippen MR) is 91.0 cm³/mol. The van der Waals surface area contributed by atoms with Gasteiger partial charge in [0.1, 0.15) is 12.1 Å². The molecule has 7 nitrogen and oxygen atoms in total. The number of likely N-dealkylation sites (tertiary alicyclic amines) is 1. The molecule has 4 atom stereocenters. The van der Waals surface area contributed by atoms with E-state index in [0.717, 1.165) is 6.42 Å². The van der Waals surface area contributed by atoms with Gasteiger partial charge in [-0.25, -0.2) is 4.79 Å². The van der Waals surface area contributed by atoms with Crippen molar-refractivity contribution in [1.82, 2.24) is 15.5 Å². The van der Waals surface area contributed by atoms with E-state index in [1.165, 1.54) is 0 Å². The zero-order valence-electron chi connectivity index (χ0n) is 15.5. The van der Waals surface area contributed by atoms with Crippen molar-refractivity contribution < 1.29 is 14.4 Å². The quantitative estimate of drug-likeness (QED) is 0.710. The number of urea groups is 1. The number of amides is 4. The topological polar surface area (TPSA) is 105 Å². The second kappa shape index (κ2) is 5.93. The Kier molecular flexibility index (Phi) is 4.59. The Bertz CT molecular complexity index is 547. The maximum absolute atomic E-state index is 13.0. The third kappa shape index (κ3) is 3.99. The molecule has 2 aliphatic rings. The molecule has 0 bridgehead atoms. The molecule has 1 heterocycles. The van der Waals surface area contributed by atoms with E-state index < -0.39 is 35.0 Å². The minimum Gasteiger partial charge on any atom is -0.368 e. The summed E-state index contributed by atoms with van der Waals surface area (Å²) in [5.74, 6) is -0.131. The molecule has 1 aliphatic heterocycles. The monoisotopic (exact) mass is 338 g/mol. The van der Waals surface area contributed by atoms with Gasteiger partial charge in [0.2, 0.25) is 11.8 Å². The molecular weight excluding hydrogens is 308 g/mol. The summed E-state index contributed by atoms with van der Waals surface area (Å²) in [4.78, 5) is 38.6. The molecule has 0 aromatic rings. The van der Waals surface area contributed by atoms with E-state index in [1.54, 1.807) is 4.90 Å². The first kappa shape index (κ1) is 18.5. The summed E-state index contributed by atoms with van der Waals surface area (Å²) in [6.07, 6.45) is 0.954. The molecule has 4 N–H and O–H groups in total. The van der Waals surface area contributed by atoms with Gasteiger partial charge in [-0.2, -0.15) is 0 Å². The lowest BCUT2D eigenvalue weighted by molar-refractivity contribution is -0.142. The van der Waals surface area contributed by atoms with Gasteiger partial charge in [-0.05, 0) is 44.4 Å². The third-order valence-corrected chi connectivity index (χ3v) is 4.60. The van der Waals surface area contributed by atoms with Crippen LogP contribution in [0.2, 0.25) is 0 Å². The van der Waals surface area contributed by atoms with Gasteiger partial charge in [0, 0.05) is 12.1 Å². The van der Waals surface area contributed by atoms with Crippen molar-refractivity contribution in [3.8, 4) is 0 Å². The number of rotatable bonds is 3. The largest absolute Gasteiger partial charge is 0.368 e. The lowest BCUT2D eigenvalue weighted by atomic mass is 9.85. The van der Waals surface area contributed by atoms with Crippen molar-refractivity contribution in [1.29, 1.82) is 0 Å². The van der Waals surface area contributed by atoms with Crippen LogP contribution in [0.1, 0.15) is 48.0 Å². The van der Waals surface area contributed by atoms with Crippen molar-refractivity contribution in [2.24, 2.45) is 23.0 Å². The minimum atomic E-state index is -0.723. The summed E-state index contributed by atoms with van der Waals surface area (Å²) in [7, 11) is 0. The number of primary amides is 1. The third-order valence-electron chi connectivity index (χ3n) is 4.60. The van der Waals surface area contributed by atoms with Crippen molar-refractivity contribution >= 4 is 17.8 Å². The normalized spacial score (nSPS) is 27.2. The van der Waals surface area contributed by atoms with E-state index in [0.29, 0.717) is 12.5 Å². The van der Waals surface area contributed by atoms with Gasteiger partial charge in [-0.3, -0.25) is 9.59 Å². The van der Waals surface area contributed by atoms with Gasteiger partial charge in [0.05, 0.1) is 0 Å². The first-order chi connectivity index (χ1) is 10.8. The van der Waals surface area contributed by atoms with Crippen LogP contribution < -0.4 is 16.4 Å². The van der Waals surface area contributed by atoms with Crippen LogP contribution in [0.5, 0.6) is 0 Å². The lowest BCUT2D eigenvalue weighted by Gasteiger charge is -2.36. The Hall–Kier alpha value is -1.79. The molecule has 2 fully saturated rings. The van der Waals surface area contributed by atoms with Gasteiger partial charge in [-0.1, -0.05) is 20.8 Å². The van der Waals surface area contributed by atoms with Crippen molar-refractivity contribution in [3.63, 3.8) is 0 Å². The van der Waals surface area contributed by atoms with E-state index in [4.69, 9.17) is 5.73 Å². The number of nitrogens with two attached hydrogens (primary N) is 1. The van der Waals surface area contributed by atoms with Crippen LogP contribution in [0, 0.1) is 17.3 Å². The number of nitrogens with one attached hydrogen (secondary N) is 2. The van der Waals surface area contributed by atoms with Gasteiger partial charge < -0.3 is 21.3 Å². The van der Waals surface area contributed by atoms with Crippen LogP contribution in [0.4, 0.5) is 4.79 Å². The lowest BCUT2D eigenvalue weighted by Crippen LogP contribution is -2.60. The average Bonchev–Trinajstić information content (AvgIpc) is 3.01. The van der Waals surface area contributed by atoms with Crippen LogP contribution in [0.3, 0.4) is 0 Å². The van der Waals surface area contributed by atoms with E-state index >= 15 is 0 Å². The fourth-order valence-electron chi connectivity index (χ4n) is 3.38. The molecule has 7 heteroatoms. The summed E-state index contributed by atoms with van der Waals surface area (Å²) in [5, 5.41) is 5.59. The van der Waals surface area contributed by atoms with E-state index in [-0.39, 0.29) is 11.8 Å². The molecule has 136 valence electrons. The number of nitrogens with zero attached hydrogens (tertiary/aromatic N) is 1. The maximum atomic E-state index is 13.0. The highest BCUT2D eigenvalue weighted by Crippen LogP contribution is 2.49. The van der Waals surface area contributed by atoms with Crippen LogP contribution >= 0.6 is 0 Å². The van der Waals surface area contributed by atoms with Gasteiger partial charge >= 0.3 is 6.03 Å². The van der Waals surface area contributed by atoms with E-state index in [1.807, 2.05) is 41.5 Å². The average molecular weight is 338 g/mol. The molecule has 1 saturated carbocycles. The highest BCUT2D eigenvalue weighted by molar-refractivity contribution is 5.93. The van der Waals surface area contributed by atoms with E-state index in [2.05, 4.69) is 10.6 Å². The summed E-state index contributed by atoms with van der Waals surface area (Å²) in [5.41, 5.74) is 4.62. The highest BCUT2D eigenvalue weighted by Gasteiger charge is 2.57. The van der Waals surface area contributed by atoms with Gasteiger partial charge in [-0.15, -0.1) is 0 Å². The predicted octanol–water partition coefficient (Wildman–Crippen LogP) is 0.831. The smallest absolute Gasteiger partial charge is 0.315 e. The molecule has 0 unspecified atom stereocenters. The van der Waals surface area contributed by atoms with Gasteiger partial charge in [0.25, 0.3) is 0 Å². The van der Waals surface area contributed by atoms with Crippen LogP contribution in [0.25, 0.3) is 0 Å². The number of carbonyl (C=O) groups excluding carboxylic acids is 3. The Morgan fingerprint density at radius 2 is 1.71 bits per heavy atom. The number of hydrogen-bond acceptors (Lipinski definition) is 3. The Balaban J connectivity index is 2.15. The number of piperidine rings is 1. The van der Waals surface area contributed by atoms with Gasteiger partial charge in [0.15, 0.2) is 0 Å². The molecule has 0 aromatic carbocycles. The summed E-state index contributed by atoms with van der Waals surface area (Å²) >= 11 is 0. The summed E-state index contributed by atoms with van der Waals surface area (Å²) in [6.45, 7) is 11.8. The Morgan fingerprint density at radius 1 is 1.12 bits per heavy atom. The zero-order valence-corrected chi connectivity index (χ0v) is 15.5. The summed E-state index contributed by atoms with van der Waals surface area (Å²) in [6, 6.07) is -1.66. The van der Waals surface area contributed by atoms with Crippen molar-refractivity contribution in [2.75, 3.05) is 6.54 Å². The molecule has 1 saturated heterocycles. The number of hydrogen-bond donors (Lipinski definition) is 3. The van der Waals surface area contributed by atoms with Crippen LogP contribution in [-0.2, 0) is 9.59 Å². The minimum absolute atomic E-state index is 0.190. The fourth-order valence-corrected chi connectivity index (χ4v) is 3.38. The maximum Gasteiger partial charge on any atom is 0.315 e. The second-order valence-electron chi connectivity index (χ2n) is 9.14. The molecule has 0 spiro atoms. The molecular formula is C17H30N4O3. The molecule has 1 aliphatic carbocycles. The summed E-state index contributed by atoms with van der Waals surface area (Å²) < 4.78 is 0. The van der Waals surface area contributed by atoms with Crippen molar-refractivity contribution in [2.45, 2.75) is 65.6 Å². The molecule has 2 rings (SSSR count). The molecule has 4 amide bonds. The Labute approximate surface area is 143 Å². The standard InChI is InChI=1S/C17H30N4O3/c1-16(2,3)12(19-15(24)20-17(4,5)6)14(23)21-8-9-7-10(9)11(21)13(18)22/h9-12H,7-8H2,1-6H3,(H2,18,22)(H2,19,20,24)/t9-,10-,11-,12+/m0/s1. The number of fused-ring (bicyclic) bond motifs is 1. The zero-order chi connectivity index (χ0) is 18.4. The SMILES string of the molecule is CC(C)(C)NC(=O)N[C@H](C(=O)N1C[C@@H]2C[C@@H]2[C@H]1C(N)=O)C(C)(C)C. The van der Waals surface area contributed by atoms with Crippen molar-refractivity contribution in [3.05, 3.63) is 0 Å². The fraction of sp³-hybridized carbons (Fsp3) is 0.824. The van der Waals surface area contributed by atoms with Crippen LogP contribution in [0.15, 0.2) is 0 Å². The first-order valence-electron chi connectivity index (χ1n) is 8.50. The Morgan fingerprint density at radius 3 is 2.17 bits per heavy atom. The number of carbonyl (C=O) groups is 3. The highest BCUT2D eigenvalue weighted by atomic mass is 16.2. The second-order valence-corrected chi connectivity index (χ2v) is 9.14. The molecule has 0 radical (unpaired) electrons.